The molecule has 1 N–H and O–H groups in total. The van der Waals surface area contributed by atoms with Crippen LogP contribution >= 0.6 is 0 Å². The molecule has 1 aliphatic heterocycles. The number of nitriles is 1. The summed E-state index contributed by atoms with van der Waals surface area (Å²) in [5.74, 6) is -2.89. The predicted molar refractivity (Wildman–Crippen MR) is 52.1 cm³/mol. The zero-order valence-electron chi connectivity index (χ0n) is 8.23. The van der Waals surface area contributed by atoms with Crippen molar-refractivity contribution in [2.75, 3.05) is 4.90 Å². The molecule has 1 aliphatic rings. The van der Waals surface area contributed by atoms with Crippen molar-refractivity contribution in [3.05, 3.63) is 29.6 Å². The van der Waals surface area contributed by atoms with Gasteiger partial charge in [0.2, 0.25) is 0 Å². The summed E-state index contributed by atoms with van der Waals surface area (Å²) in [6.07, 6.45) is 0. The summed E-state index contributed by atoms with van der Waals surface area (Å²) in [6, 6.07) is 3.74. The lowest BCUT2D eigenvalue weighted by atomic mass is 10.2. The van der Waals surface area contributed by atoms with Gasteiger partial charge in [0.05, 0.1) is 11.3 Å². The second kappa shape index (κ2) is 3.68. The van der Waals surface area contributed by atoms with Gasteiger partial charge >= 0.3 is 17.8 Å². The van der Waals surface area contributed by atoms with Crippen LogP contribution in [-0.4, -0.2) is 17.8 Å². The maximum atomic E-state index is 13.0. The Balaban J connectivity index is 2.49. The molecule has 0 bridgehead atoms. The zero-order valence-corrected chi connectivity index (χ0v) is 8.23. The Labute approximate surface area is 94.2 Å². The van der Waals surface area contributed by atoms with Crippen LogP contribution in [0, 0.1) is 17.1 Å². The van der Waals surface area contributed by atoms with E-state index in [2.05, 4.69) is 0 Å². The fourth-order valence-corrected chi connectivity index (χ4v) is 1.37. The average molecular weight is 233 g/mol. The van der Waals surface area contributed by atoms with Crippen molar-refractivity contribution in [1.29, 1.82) is 5.26 Å². The van der Waals surface area contributed by atoms with Gasteiger partial charge in [-0.15, -0.1) is 0 Å². The van der Waals surface area contributed by atoms with E-state index in [1.807, 2.05) is 0 Å². The van der Waals surface area contributed by atoms with Gasteiger partial charge in [0.25, 0.3) is 0 Å². The van der Waals surface area contributed by atoms with Crippen molar-refractivity contribution in [2.24, 2.45) is 0 Å². The first-order valence-corrected chi connectivity index (χ1v) is 4.43. The fourth-order valence-electron chi connectivity index (χ4n) is 1.37. The standard InChI is InChI=1S/C10H4FN3O3/c11-7-2-1-6(3-5(7)4-12)14-9(16)8(15)13-10(14)17/h1-3H,(H,13,15,17). The first-order valence-electron chi connectivity index (χ1n) is 4.43. The molecule has 0 aromatic heterocycles. The van der Waals surface area contributed by atoms with Crippen molar-refractivity contribution >= 4 is 23.5 Å². The van der Waals surface area contributed by atoms with E-state index in [4.69, 9.17) is 5.26 Å². The number of nitrogens with zero attached hydrogens (tertiary/aromatic N) is 2. The third-order valence-electron chi connectivity index (χ3n) is 2.15. The number of imide groups is 2. The molecule has 0 saturated carbocycles. The van der Waals surface area contributed by atoms with Gasteiger partial charge in [-0.05, 0) is 18.2 Å². The number of hydrogen-bond donors (Lipinski definition) is 1. The molecule has 1 aromatic carbocycles. The van der Waals surface area contributed by atoms with E-state index < -0.39 is 23.7 Å². The van der Waals surface area contributed by atoms with Crippen LogP contribution in [-0.2, 0) is 9.59 Å². The fraction of sp³-hybridized carbons (Fsp3) is 0. The summed E-state index contributed by atoms with van der Waals surface area (Å²) >= 11 is 0. The first-order chi connectivity index (χ1) is 8.04. The van der Waals surface area contributed by atoms with E-state index in [0.717, 1.165) is 18.2 Å². The van der Waals surface area contributed by atoms with Crippen LogP contribution in [0.25, 0.3) is 0 Å². The maximum absolute atomic E-state index is 13.0. The zero-order chi connectivity index (χ0) is 12.6. The Bertz CT molecular complexity index is 591. The number of rotatable bonds is 1. The minimum absolute atomic E-state index is 0.0312. The van der Waals surface area contributed by atoms with Gasteiger partial charge in [-0.25, -0.2) is 14.1 Å². The van der Waals surface area contributed by atoms with Gasteiger partial charge < -0.3 is 0 Å². The minimum atomic E-state index is -1.06. The second-order valence-corrected chi connectivity index (χ2v) is 3.18. The van der Waals surface area contributed by atoms with E-state index in [0.29, 0.717) is 4.90 Å². The summed E-state index contributed by atoms with van der Waals surface area (Å²) in [5.41, 5.74) is -0.348. The summed E-state index contributed by atoms with van der Waals surface area (Å²) in [6.45, 7) is 0. The summed E-state index contributed by atoms with van der Waals surface area (Å²) in [7, 11) is 0. The predicted octanol–water partition coefficient (Wildman–Crippen LogP) is 0.280. The Morgan fingerprint density at radius 2 is 2.00 bits per heavy atom. The van der Waals surface area contributed by atoms with Gasteiger partial charge in [0.1, 0.15) is 11.9 Å². The topological polar surface area (TPSA) is 90.3 Å². The number of carbonyl (C=O) groups excluding carboxylic acids is 3. The number of carbonyl (C=O) groups is 3. The third-order valence-corrected chi connectivity index (χ3v) is 2.15. The van der Waals surface area contributed by atoms with Crippen molar-refractivity contribution in [3.8, 4) is 6.07 Å². The largest absolute Gasteiger partial charge is 0.336 e. The Morgan fingerprint density at radius 3 is 2.53 bits per heavy atom. The molecule has 0 unspecified atom stereocenters. The highest BCUT2D eigenvalue weighted by Crippen LogP contribution is 2.20. The molecule has 17 heavy (non-hydrogen) atoms. The van der Waals surface area contributed by atoms with Crippen molar-refractivity contribution in [1.82, 2.24) is 5.32 Å². The van der Waals surface area contributed by atoms with E-state index in [-0.39, 0.29) is 11.3 Å². The van der Waals surface area contributed by atoms with E-state index >= 15 is 0 Å². The molecule has 2 rings (SSSR count). The van der Waals surface area contributed by atoms with Crippen LogP contribution < -0.4 is 10.2 Å². The molecule has 0 radical (unpaired) electrons. The molecule has 0 atom stereocenters. The smallest absolute Gasteiger partial charge is 0.269 e. The Morgan fingerprint density at radius 1 is 1.29 bits per heavy atom. The normalized spacial score (nSPS) is 14.8. The van der Waals surface area contributed by atoms with Gasteiger partial charge in [0.15, 0.2) is 0 Å². The van der Waals surface area contributed by atoms with Crippen LogP contribution in [0.15, 0.2) is 18.2 Å². The van der Waals surface area contributed by atoms with Gasteiger partial charge in [0, 0.05) is 0 Å². The highest BCUT2D eigenvalue weighted by Gasteiger charge is 2.38. The monoisotopic (exact) mass is 233 g/mol. The Kier molecular flexibility index (Phi) is 2.33. The van der Waals surface area contributed by atoms with Gasteiger partial charge in [-0.3, -0.25) is 14.9 Å². The molecule has 0 aliphatic carbocycles. The minimum Gasteiger partial charge on any atom is -0.269 e. The number of hydrogen-bond acceptors (Lipinski definition) is 4. The van der Waals surface area contributed by atoms with Crippen LogP contribution in [0.4, 0.5) is 14.9 Å². The highest BCUT2D eigenvalue weighted by atomic mass is 19.1. The third kappa shape index (κ3) is 1.61. The number of benzene rings is 1. The lowest BCUT2D eigenvalue weighted by Gasteiger charge is -2.11. The highest BCUT2D eigenvalue weighted by molar-refractivity contribution is 6.53. The average Bonchev–Trinajstić information content (AvgIpc) is 2.55. The number of nitrogens with one attached hydrogen (secondary N) is 1. The molecular formula is C10H4FN3O3. The lowest BCUT2D eigenvalue weighted by molar-refractivity contribution is -0.134. The van der Waals surface area contributed by atoms with Gasteiger partial charge in [-0.2, -0.15) is 5.26 Å². The molecule has 1 aromatic rings. The molecule has 1 heterocycles. The van der Waals surface area contributed by atoms with Gasteiger partial charge in [-0.1, -0.05) is 0 Å². The SMILES string of the molecule is N#Cc1cc(N2C(=O)NC(=O)C2=O)ccc1F. The van der Waals surface area contributed by atoms with Crippen LogP contribution in [0.5, 0.6) is 0 Å². The molecule has 84 valence electrons. The summed E-state index contributed by atoms with van der Waals surface area (Å²) < 4.78 is 13.0. The number of halogens is 1. The quantitative estimate of drug-likeness (QED) is 0.557. The van der Waals surface area contributed by atoms with Crippen LogP contribution in [0.2, 0.25) is 0 Å². The lowest BCUT2D eigenvalue weighted by Crippen LogP contribution is -2.30. The molecular weight excluding hydrogens is 229 g/mol. The van der Waals surface area contributed by atoms with Crippen LogP contribution in [0.3, 0.4) is 0 Å². The Hall–Kier alpha value is -2.75. The molecule has 0 spiro atoms. The number of amides is 4. The number of urea groups is 1. The van der Waals surface area contributed by atoms with E-state index in [1.165, 1.54) is 0 Å². The molecule has 1 saturated heterocycles. The van der Waals surface area contributed by atoms with E-state index in [9.17, 15) is 18.8 Å². The molecule has 4 amide bonds. The van der Waals surface area contributed by atoms with Crippen molar-refractivity contribution < 1.29 is 18.8 Å². The first kappa shape index (κ1) is 10.8. The van der Waals surface area contributed by atoms with Crippen molar-refractivity contribution in [3.63, 3.8) is 0 Å². The van der Waals surface area contributed by atoms with Crippen LogP contribution in [0.1, 0.15) is 5.56 Å². The maximum Gasteiger partial charge on any atom is 0.336 e. The molecule has 7 heteroatoms. The summed E-state index contributed by atoms with van der Waals surface area (Å²) in [4.78, 5) is 34.1. The number of anilines is 1. The van der Waals surface area contributed by atoms with E-state index in [1.54, 1.807) is 11.4 Å². The second-order valence-electron chi connectivity index (χ2n) is 3.18. The summed E-state index contributed by atoms with van der Waals surface area (Å²) in [5, 5.41) is 10.4. The molecule has 6 nitrogen and oxygen atoms in total. The van der Waals surface area contributed by atoms with Crippen molar-refractivity contribution in [2.45, 2.75) is 0 Å². The molecule has 1 fully saturated rings.